The van der Waals surface area contributed by atoms with Crippen molar-refractivity contribution in [3.05, 3.63) is 29.3 Å². The molecule has 0 spiro atoms. The van der Waals surface area contributed by atoms with Crippen LogP contribution in [0.4, 0.5) is 5.69 Å². The maximum atomic E-state index is 11.6. The van der Waals surface area contributed by atoms with Gasteiger partial charge in [0, 0.05) is 19.2 Å². The summed E-state index contributed by atoms with van der Waals surface area (Å²) >= 11 is 0. The van der Waals surface area contributed by atoms with Crippen LogP contribution in [0.15, 0.2) is 18.2 Å². The summed E-state index contributed by atoms with van der Waals surface area (Å²) < 4.78 is 0. The van der Waals surface area contributed by atoms with Gasteiger partial charge >= 0.3 is 0 Å². The number of rotatable bonds is 3. The fourth-order valence-corrected chi connectivity index (χ4v) is 3.06. The van der Waals surface area contributed by atoms with Gasteiger partial charge in [-0.05, 0) is 36.0 Å². The summed E-state index contributed by atoms with van der Waals surface area (Å²) in [5.74, 6) is 0.880. The summed E-state index contributed by atoms with van der Waals surface area (Å²) in [6.45, 7) is 0. The highest BCUT2D eigenvalue weighted by Crippen LogP contribution is 2.36. The van der Waals surface area contributed by atoms with E-state index in [1.54, 1.807) is 4.90 Å². The number of amides is 1. The fourth-order valence-electron chi connectivity index (χ4n) is 3.06. The van der Waals surface area contributed by atoms with Crippen LogP contribution in [0.3, 0.4) is 0 Å². The molecule has 1 aromatic rings. The van der Waals surface area contributed by atoms with E-state index in [0.717, 1.165) is 24.1 Å². The van der Waals surface area contributed by atoms with Crippen molar-refractivity contribution in [2.24, 2.45) is 5.92 Å². The van der Waals surface area contributed by atoms with Crippen LogP contribution in [0.5, 0.6) is 0 Å². The van der Waals surface area contributed by atoms with Crippen molar-refractivity contribution in [1.29, 1.82) is 0 Å². The summed E-state index contributed by atoms with van der Waals surface area (Å²) in [4.78, 5) is 13.4. The second kappa shape index (κ2) is 4.97. The van der Waals surface area contributed by atoms with Gasteiger partial charge in [-0.1, -0.05) is 31.4 Å². The third kappa shape index (κ3) is 2.39. The van der Waals surface area contributed by atoms with Crippen molar-refractivity contribution in [2.45, 2.75) is 44.6 Å². The van der Waals surface area contributed by atoms with Gasteiger partial charge < -0.3 is 10.0 Å². The Hall–Kier alpha value is -1.35. The van der Waals surface area contributed by atoms with Crippen molar-refractivity contribution >= 4 is 11.6 Å². The lowest BCUT2D eigenvalue weighted by Crippen LogP contribution is -2.31. The Morgan fingerprint density at radius 2 is 2.16 bits per heavy atom. The largest absolute Gasteiger partial charge is 0.388 e. The fraction of sp³-hybridized carbons (Fsp3) is 0.562. The number of carbonyl (C=O) groups is 1. The van der Waals surface area contributed by atoms with E-state index in [0.29, 0.717) is 12.3 Å². The highest BCUT2D eigenvalue weighted by atomic mass is 16.3. The first-order valence-electron chi connectivity index (χ1n) is 7.22. The standard InChI is InChI=1S/C16H21NO2/c1-17-14-7-5-13(10-12(14)6-8-16(17)19)15(18)9-11-3-2-4-11/h5,7,10-11,15,18H,2-4,6,8-9H2,1H3. The number of hydrogen-bond acceptors (Lipinski definition) is 2. The van der Waals surface area contributed by atoms with E-state index in [9.17, 15) is 9.90 Å². The molecule has 0 radical (unpaired) electrons. The SMILES string of the molecule is CN1C(=O)CCc2cc(C(O)CC3CCC3)ccc21. The first-order chi connectivity index (χ1) is 9.15. The molecule has 3 heteroatoms. The van der Waals surface area contributed by atoms with E-state index in [4.69, 9.17) is 0 Å². The molecule has 3 nitrogen and oxygen atoms in total. The van der Waals surface area contributed by atoms with Gasteiger partial charge in [0.2, 0.25) is 5.91 Å². The molecular formula is C16H21NO2. The molecule has 1 aromatic carbocycles. The Bertz CT molecular complexity index is 494. The zero-order valence-electron chi connectivity index (χ0n) is 11.4. The molecule has 3 rings (SSSR count). The van der Waals surface area contributed by atoms with Gasteiger partial charge in [0.05, 0.1) is 6.10 Å². The summed E-state index contributed by atoms with van der Waals surface area (Å²) in [6, 6.07) is 6.03. The Kier molecular flexibility index (Phi) is 3.31. The molecule has 0 aromatic heterocycles. The molecule has 1 fully saturated rings. The highest BCUT2D eigenvalue weighted by molar-refractivity contribution is 5.95. The molecule has 1 aliphatic carbocycles. The summed E-state index contributed by atoms with van der Waals surface area (Å²) in [6.07, 6.45) is 5.74. The monoisotopic (exact) mass is 259 g/mol. The molecule has 1 atom stereocenters. The Labute approximate surface area is 114 Å². The molecule has 1 amide bonds. The smallest absolute Gasteiger partial charge is 0.227 e. The van der Waals surface area contributed by atoms with Crippen molar-refractivity contribution in [1.82, 2.24) is 0 Å². The normalized spacial score (nSPS) is 20.9. The van der Waals surface area contributed by atoms with Crippen molar-refractivity contribution in [3.63, 3.8) is 0 Å². The van der Waals surface area contributed by atoms with Crippen LogP contribution in [0.1, 0.15) is 49.3 Å². The number of fused-ring (bicyclic) bond motifs is 1. The van der Waals surface area contributed by atoms with E-state index in [-0.39, 0.29) is 12.0 Å². The van der Waals surface area contributed by atoms with Gasteiger partial charge in [-0.15, -0.1) is 0 Å². The molecule has 19 heavy (non-hydrogen) atoms. The number of hydrogen-bond donors (Lipinski definition) is 1. The Morgan fingerprint density at radius 1 is 1.37 bits per heavy atom. The van der Waals surface area contributed by atoms with Crippen LogP contribution < -0.4 is 4.90 Å². The van der Waals surface area contributed by atoms with Crippen LogP contribution in [0.2, 0.25) is 0 Å². The topological polar surface area (TPSA) is 40.5 Å². The van der Waals surface area contributed by atoms with Gasteiger partial charge in [-0.2, -0.15) is 0 Å². The van der Waals surface area contributed by atoms with E-state index in [1.165, 1.54) is 24.8 Å². The zero-order chi connectivity index (χ0) is 13.4. The van der Waals surface area contributed by atoms with E-state index < -0.39 is 0 Å². The molecule has 1 aliphatic heterocycles. The van der Waals surface area contributed by atoms with E-state index in [1.807, 2.05) is 19.2 Å². The number of aliphatic hydroxyl groups is 1. The van der Waals surface area contributed by atoms with Gasteiger partial charge in [0.25, 0.3) is 0 Å². The van der Waals surface area contributed by atoms with Gasteiger partial charge in [-0.25, -0.2) is 0 Å². The minimum absolute atomic E-state index is 0.176. The second-order valence-electron chi connectivity index (χ2n) is 5.89. The minimum Gasteiger partial charge on any atom is -0.388 e. The molecule has 102 valence electrons. The number of nitrogens with zero attached hydrogens (tertiary/aromatic N) is 1. The maximum absolute atomic E-state index is 11.6. The van der Waals surface area contributed by atoms with Gasteiger partial charge in [0.1, 0.15) is 0 Å². The molecule has 2 aliphatic rings. The minimum atomic E-state index is -0.349. The molecule has 1 saturated carbocycles. The third-order valence-corrected chi connectivity index (χ3v) is 4.61. The van der Waals surface area contributed by atoms with Crippen LogP contribution in [-0.2, 0) is 11.2 Å². The lowest BCUT2D eigenvalue weighted by molar-refractivity contribution is -0.118. The third-order valence-electron chi connectivity index (χ3n) is 4.61. The maximum Gasteiger partial charge on any atom is 0.227 e. The van der Waals surface area contributed by atoms with Crippen molar-refractivity contribution in [2.75, 3.05) is 11.9 Å². The average Bonchev–Trinajstić information content (AvgIpc) is 2.37. The number of carbonyl (C=O) groups excluding carboxylic acids is 1. The molecule has 1 N–H and O–H groups in total. The predicted octanol–water partition coefficient (Wildman–Crippen LogP) is 2.82. The number of aryl methyl sites for hydroxylation is 1. The van der Waals surface area contributed by atoms with Crippen LogP contribution in [0.25, 0.3) is 0 Å². The Balaban J connectivity index is 1.78. The van der Waals surface area contributed by atoms with Gasteiger partial charge in [0.15, 0.2) is 0 Å². The summed E-state index contributed by atoms with van der Waals surface area (Å²) in [7, 11) is 1.82. The highest BCUT2D eigenvalue weighted by Gasteiger charge is 2.24. The number of aliphatic hydroxyl groups excluding tert-OH is 1. The van der Waals surface area contributed by atoms with E-state index in [2.05, 4.69) is 6.07 Å². The van der Waals surface area contributed by atoms with Gasteiger partial charge in [-0.3, -0.25) is 4.79 Å². The number of anilines is 1. The second-order valence-corrected chi connectivity index (χ2v) is 5.89. The molecule has 1 heterocycles. The molecule has 0 saturated heterocycles. The lowest BCUT2D eigenvalue weighted by atomic mass is 9.80. The molecule has 1 unspecified atom stereocenters. The summed E-state index contributed by atoms with van der Waals surface area (Å²) in [5, 5.41) is 10.3. The number of benzene rings is 1. The van der Waals surface area contributed by atoms with Crippen molar-refractivity contribution < 1.29 is 9.90 Å². The van der Waals surface area contributed by atoms with Crippen LogP contribution >= 0.6 is 0 Å². The summed E-state index contributed by atoms with van der Waals surface area (Å²) in [5.41, 5.74) is 3.19. The quantitative estimate of drug-likeness (QED) is 0.906. The predicted molar refractivity (Wildman–Crippen MR) is 75.1 cm³/mol. The average molecular weight is 259 g/mol. The lowest BCUT2D eigenvalue weighted by Gasteiger charge is -2.29. The van der Waals surface area contributed by atoms with Crippen LogP contribution in [0, 0.1) is 5.92 Å². The molecular weight excluding hydrogens is 238 g/mol. The van der Waals surface area contributed by atoms with Crippen molar-refractivity contribution in [3.8, 4) is 0 Å². The first-order valence-corrected chi connectivity index (χ1v) is 7.22. The molecule has 0 bridgehead atoms. The first kappa shape index (κ1) is 12.7. The Morgan fingerprint density at radius 3 is 2.84 bits per heavy atom. The van der Waals surface area contributed by atoms with Crippen LogP contribution in [-0.4, -0.2) is 18.1 Å². The zero-order valence-corrected chi connectivity index (χ0v) is 11.4. The van der Waals surface area contributed by atoms with E-state index >= 15 is 0 Å².